The molecule has 0 aliphatic carbocycles. The molecular formula is C18H28N4O4S. The largest absolute Gasteiger partial charge is 0.490 e. The molecule has 1 aromatic carbocycles. The van der Waals surface area contributed by atoms with Crippen LogP contribution in [0.5, 0.6) is 11.5 Å². The number of nitrogens with zero attached hydrogens (tertiary/aromatic N) is 2. The summed E-state index contributed by atoms with van der Waals surface area (Å²) in [4.78, 5) is 6.74. The molecule has 9 heteroatoms. The monoisotopic (exact) mass is 396 g/mol. The Hall–Kier alpha value is -2.00. The van der Waals surface area contributed by atoms with Crippen LogP contribution in [0.1, 0.15) is 13.3 Å². The summed E-state index contributed by atoms with van der Waals surface area (Å²) in [6.45, 7) is 6.60. The van der Waals surface area contributed by atoms with E-state index in [4.69, 9.17) is 9.47 Å². The van der Waals surface area contributed by atoms with Crippen molar-refractivity contribution in [1.29, 1.82) is 0 Å². The van der Waals surface area contributed by atoms with Crippen molar-refractivity contribution < 1.29 is 17.9 Å². The van der Waals surface area contributed by atoms with Crippen LogP contribution in [0.25, 0.3) is 0 Å². The number of rotatable bonds is 5. The van der Waals surface area contributed by atoms with E-state index in [0.29, 0.717) is 38.8 Å². The molecule has 27 heavy (non-hydrogen) atoms. The molecule has 1 fully saturated rings. The number of hydrogen-bond donors (Lipinski definition) is 2. The van der Waals surface area contributed by atoms with E-state index in [2.05, 4.69) is 20.5 Å². The van der Waals surface area contributed by atoms with Gasteiger partial charge in [-0.3, -0.25) is 9.89 Å². The predicted octanol–water partition coefficient (Wildman–Crippen LogP) is 0.956. The lowest BCUT2D eigenvalue weighted by molar-refractivity contribution is 0.297. The van der Waals surface area contributed by atoms with Gasteiger partial charge < -0.3 is 20.1 Å². The highest BCUT2D eigenvalue weighted by Gasteiger charge is 2.20. The van der Waals surface area contributed by atoms with Crippen molar-refractivity contribution in [3.8, 4) is 11.5 Å². The van der Waals surface area contributed by atoms with Gasteiger partial charge in [0.05, 0.1) is 31.3 Å². The number of fused-ring (bicyclic) bond motifs is 1. The SMILES string of the molecule is CCNC(=NCCN1CCS(=O)(=O)CC1)Nc1ccc2c(c1)OCCCO2. The van der Waals surface area contributed by atoms with Gasteiger partial charge in [-0.05, 0) is 19.1 Å². The van der Waals surface area contributed by atoms with Gasteiger partial charge in [-0.25, -0.2) is 8.42 Å². The Kier molecular flexibility index (Phi) is 6.78. The topological polar surface area (TPSA) is 92.3 Å². The fourth-order valence-electron chi connectivity index (χ4n) is 2.96. The number of aliphatic imine (C=N–C) groups is 1. The van der Waals surface area contributed by atoms with Gasteiger partial charge in [0.1, 0.15) is 0 Å². The van der Waals surface area contributed by atoms with Crippen molar-refractivity contribution in [3.63, 3.8) is 0 Å². The number of anilines is 1. The molecular weight excluding hydrogens is 368 g/mol. The number of nitrogens with one attached hydrogen (secondary N) is 2. The normalized spacial score (nSPS) is 20.0. The van der Waals surface area contributed by atoms with Gasteiger partial charge in [0.15, 0.2) is 27.3 Å². The molecule has 0 unspecified atom stereocenters. The number of guanidine groups is 1. The van der Waals surface area contributed by atoms with Crippen LogP contribution in [-0.2, 0) is 9.84 Å². The van der Waals surface area contributed by atoms with E-state index in [9.17, 15) is 8.42 Å². The van der Waals surface area contributed by atoms with E-state index in [1.54, 1.807) is 0 Å². The molecule has 0 atom stereocenters. The van der Waals surface area contributed by atoms with E-state index in [1.165, 1.54) is 0 Å². The Morgan fingerprint density at radius 1 is 1.19 bits per heavy atom. The smallest absolute Gasteiger partial charge is 0.195 e. The Balaban J connectivity index is 1.57. The molecule has 0 amide bonds. The Morgan fingerprint density at radius 2 is 1.93 bits per heavy atom. The molecule has 150 valence electrons. The first-order valence-electron chi connectivity index (χ1n) is 9.43. The van der Waals surface area contributed by atoms with Crippen LogP contribution in [-0.4, -0.2) is 76.7 Å². The molecule has 0 bridgehead atoms. The first-order valence-corrected chi connectivity index (χ1v) is 11.3. The fraction of sp³-hybridized carbons (Fsp3) is 0.611. The van der Waals surface area contributed by atoms with E-state index >= 15 is 0 Å². The molecule has 0 aromatic heterocycles. The van der Waals surface area contributed by atoms with Crippen molar-refractivity contribution in [1.82, 2.24) is 10.2 Å². The zero-order valence-corrected chi connectivity index (χ0v) is 16.6. The van der Waals surface area contributed by atoms with Gasteiger partial charge in [-0.15, -0.1) is 0 Å². The van der Waals surface area contributed by atoms with E-state index in [1.807, 2.05) is 25.1 Å². The Labute approximate surface area is 160 Å². The molecule has 2 N–H and O–H groups in total. The molecule has 1 saturated heterocycles. The van der Waals surface area contributed by atoms with Crippen molar-refractivity contribution in [2.75, 3.05) is 62.8 Å². The average Bonchev–Trinajstić information content (AvgIpc) is 2.88. The summed E-state index contributed by atoms with van der Waals surface area (Å²) in [6, 6.07) is 5.76. The summed E-state index contributed by atoms with van der Waals surface area (Å²) < 4.78 is 34.4. The first kappa shape index (κ1) is 19.8. The highest BCUT2D eigenvalue weighted by molar-refractivity contribution is 7.91. The molecule has 1 aromatic rings. The maximum Gasteiger partial charge on any atom is 0.195 e. The number of benzene rings is 1. The quantitative estimate of drug-likeness (QED) is 0.566. The second kappa shape index (κ2) is 9.27. The Morgan fingerprint density at radius 3 is 2.67 bits per heavy atom. The van der Waals surface area contributed by atoms with E-state index in [0.717, 1.165) is 36.7 Å². The standard InChI is InChI=1S/C18H28N4O4S/c1-2-19-18(20-6-7-22-8-12-27(23,24)13-9-22)21-15-4-5-16-17(14-15)26-11-3-10-25-16/h4-5,14H,2-3,6-13H2,1H3,(H2,19,20,21). The molecule has 2 heterocycles. The minimum Gasteiger partial charge on any atom is -0.490 e. The van der Waals surface area contributed by atoms with E-state index < -0.39 is 9.84 Å². The van der Waals surface area contributed by atoms with E-state index in [-0.39, 0.29) is 11.5 Å². The van der Waals surface area contributed by atoms with Crippen LogP contribution in [0.4, 0.5) is 5.69 Å². The molecule has 0 saturated carbocycles. The highest BCUT2D eigenvalue weighted by Crippen LogP contribution is 2.32. The molecule has 2 aliphatic heterocycles. The van der Waals surface area contributed by atoms with Gasteiger partial charge in [0.2, 0.25) is 0 Å². The molecule has 2 aliphatic rings. The number of sulfone groups is 1. The lowest BCUT2D eigenvalue weighted by Crippen LogP contribution is -2.41. The molecule has 0 spiro atoms. The first-order chi connectivity index (χ1) is 13.1. The number of ether oxygens (including phenoxy) is 2. The van der Waals surface area contributed by atoms with Crippen LogP contribution in [0.15, 0.2) is 23.2 Å². The van der Waals surface area contributed by atoms with Crippen molar-refractivity contribution in [3.05, 3.63) is 18.2 Å². The summed E-state index contributed by atoms with van der Waals surface area (Å²) in [7, 11) is -2.84. The van der Waals surface area contributed by atoms with Crippen molar-refractivity contribution >= 4 is 21.5 Å². The third-order valence-electron chi connectivity index (χ3n) is 4.48. The molecule has 8 nitrogen and oxygen atoms in total. The van der Waals surface area contributed by atoms with Gasteiger partial charge in [0, 0.05) is 44.4 Å². The minimum atomic E-state index is -2.84. The summed E-state index contributed by atoms with van der Waals surface area (Å²) in [5.41, 5.74) is 0.878. The third kappa shape index (κ3) is 6.00. The lowest BCUT2D eigenvalue weighted by atomic mass is 10.3. The summed E-state index contributed by atoms with van der Waals surface area (Å²) in [6.07, 6.45) is 0.874. The van der Waals surface area contributed by atoms with Crippen LogP contribution in [0.2, 0.25) is 0 Å². The molecule has 3 rings (SSSR count). The second-order valence-corrected chi connectivity index (χ2v) is 8.89. The summed E-state index contributed by atoms with van der Waals surface area (Å²) in [5.74, 6) is 2.68. The minimum absolute atomic E-state index is 0.242. The molecule has 0 radical (unpaired) electrons. The zero-order chi connectivity index (χ0) is 19.1. The van der Waals surface area contributed by atoms with Gasteiger partial charge in [0.25, 0.3) is 0 Å². The van der Waals surface area contributed by atoms with Gasteiger partial charge in [-0.2, -0.15) is 0 Å². The third-order valence-corrected chi connectivity index (χ3v) is 6.09. The van der Waals surface area contributed by atoms with Crippen LogP contribution in [0, 0.1) is 0 Å². The number of hydrogen-bond acceptors (Lipinski definition) is 6. The maximum atomic E-state index is 11.5. The van der Waals surface area contributed by atoms with Crippen molar-refractivity contribution in [2.45, 2.75) is 13.3 Å². The lowest BCUT2D eigenvalue weighted by Gasteiger charge is -2.25. The van der Waals surface area contributed by atoms with Crippen LogP contribution >= 0.6 is 0 Å². The van der Waals surface area contributed by atoms with Crippen LogP contribution < -0.4 is 20.1 Å². The van der Waals surface area contributed by atoms with Crippen molar-refractivity contribution in [2.24, 2.45) is 4.99 Å². The zero-order valence-electron chi connectivity index (χ0n) is 15.7. The highest BCUT2D eigenvalue weighted by atomic mass is 32.2. The van der Waals surface area contributed by atoms with Crippen LogP contribution in [0.3, 0.4) is 0 Å². The maximum absolute atomic E-state index is 11.5. The van der Waals surface area contributed by atoms with Gasteiger partial charge >= 0.3 is 0 Å². The second-order valence-electron chi connectivity index (χ2n) is 6.59. The fourth-order valence-corrected chi connectivity index (χ4v) is 4.24. The summed E-state index contributed by atoms with van der Waals surface area (Å²) >= 11 is 0. The van der Waals surface area contributed by atoms with Gasteiger partial charge in [-0.1, -0.05) is 0 Å². The summed E-state index contributed by atoms with van der Waals surface area (Å²) in [5, 5.41) is 6.52. The Bertz CT molecular complexity index is 753. The average molecular weight is 397 g/mol. The predicted molar refractivity (Wildman–Crippen MR) is 107 cm³/mol.